The van der Waals surface area contributed by atoms with E-state index in [1.165, 1.54) is 0 Å². The highest BCUT2D eigenvalue weighted by atomic mass is 17.2. The van der Waals surface area contributed by atoms with Crippen molar-refractivity contribution in [2.45, 2.75) is 111 Å². The van der Waals surface area contributed by atoms with Gasteiger partial charge in [-0.05, 0) is 65.2 Å². The van der Waals surface area contributed by atoms with Gasteiger partial charge in [0.1, 0.15) is 0 Å². The molecule has 0 N–H and O–H groups in total. The van der Waals surface area contributed by atoms with Crippen LogP contribution in [0.1, 0.15) is 94.4 Å². The molecule has 0 saturated heterocycles. The zero-order valence-electron chi connectivity index (χ0n) is 20.0. The van der Waals surface area contributed by atoms with Gasteiger partial charge in [0.05, 0.1) is 5.60 Å². The molecule has 0 aliphatic heterocycles. The van der Waals surface area contributed by atoms with Crippen LogP contribution < -0.4 is 0 Å². The summed E-state index contributed by atoms with van der Waals surface area (Å²) in [6, 6.07) is 0. The van der Waals surface area contributed by atoms with E-state index in [1.54, 1.807) is 6.92 Å². The van der Waals surface area contributed by atoms with Crippen LogP contribution in [-0.2, 0) is 19.3 Å². The Bertz CT molecular complexity index is 721. The van der Waals surface area contributed by atoms with E-state index >= 15 is 0 Å². The van der Waals surface area contributed by atoms with E-state index in [0.29, 0.717) is 11.5 Å². The topological polar surface area (TPSA) is 44.8 Å². The highest BCUT2D eigenvalue weighted by molar-refractivity contribution is 5.87. The minimum atomic E-state index is -0.838. The fourth-order valence-electron chi connectivity index (χ4n) is 5.00. The standard InChI is InChI=1S/C25H40O4/c1-11-13-21(4,5)28-29-22(6,7)15-16-25(27-20(26)18(2)3)17-19-12-14-24(25,10)23(19,8)9/h19H,2,11-14,17H2,1,3-10H3/t19-,24-,25-/m1/s1. The molecule has 2 aliphatic carbocycles. The molecule has 0 amide bonds. The van der Waals surface area contributed by atoms with Crippen molar-refractivity contribution in [3.63, 3.8) is 0 Å². The van der Waals surface area contributed by atoms with Crippen LogP contribution >= 0.6 is 0 Å². The third kappa shape index (κ3) is 4.42. The second-order valence-corrected chi connectivity index (χ2v) is 10.9. The van der Waals surface area contributed by atoms with Crippen LogP contribution in [0.25, 0.3) is 0 Å². The molecule has 0 aromatic heterocycles. The number of carbonyl (C=O) groups is 1. The van der Waals surface area contributed by atoms with E-state index in [0.717, 1.165) is 32.1 Å². The molecule has 2 bridgehead atoms. The minimum absolute atomic E-state index is 0.0433. The number of esters is 1. The molecule has 0 heterocycles. The van der Waals surface area contributed by atoms with Crippen LogP contribution in [0.2, 0.25) is 0 Å². The first kappa shape index (κ1) is 24.0. The van der Waals surface area contributed by atoms with E-state index < -0.39 is 11.2 Å². The summed E-state index contributed by atoms with van der Waals surface area (Å²) in [6.07, 6.45) is 4.79. The maximum absolute atomic E-state index is 12.5. The summed E-state index contributed by atoms with van der Waals surface area (Å²) in [4.78, 5) is 24.0. The van der Waals surface area contributed by atoms with Crippen LogP contribution in [0.3, 0.4) is 0 Å². The molecule has 0 aromatic rings. The monoisotopic (exact) mass is 404 g/mol. The quantitative estimate of drug-likeness (QED) is 0.172. The molecule has 2 rings (SSSR count). The Hall–Kier alpha value is -1.31. The molecule has 2 fully saturated rings. The smallest absolute Gasteiger partial charge is 0.334 e. The van der Waals surface area contributed by atoms with E-state index in [9.17, 15) is 4.79 Å². The summed E-state index contributed by atoms with van der Waals surface area (Å²) in [5, 5.41) is 0. The van der Waals surface area contributed by atoms with E-state index in [-0.39, 0.29) is 22.4 Å². The first-order valence-electron chi connectivity index (χ1n) is 10.9. The number of rotatable bonds is 7. The first-order valence-corrected chi connectivity index (χ1v) is 10.9. The summed E-state index contributed by atoms with van der Waals surface area (Å²) in [5.41, 5.74) is -1.82. The number of fused-ring (bicyclic) bond motifs is 2. The molecule has 0 unspecified atom stereocenters. The van der Waals surface area contributed by atoms with E-state index in [4.69, 9.17) is 14.5 Å². The van der Waals surface area contributed by atoms with Crippen molar-refractivity contribution < 1.29 is 19.3 Å². The van der Waals surface area contributed by atoms with Gasteiger partial charge in [-0.15, -0.1) is 0 Å². The number of hydrogen-bond donors (Lipinski definition) is 0. The molecular formula is C25H40O4. The second-order valence-electron chi connectivity index (χ2n) is 10.9. The molecule has 0 radical (unpaired) electrons. The van der Waals surface area contributed by atoms with Crippen molar-refractivity contribution in [3.05, 3.63) is 12.2 Å². The summed E-state index contributed by atoms with van der Waals surface area (Å²) >= 11 is 0. The molecule has 29 heavy (non-hydrogen) atoms. The lowest BCUT2D eigenvalue weighted by molar-refractivity contribution is -0.389. The zero-order valence-corrected chi connectivity index (χ0v) is 20.0. The van der Waals surface area contributed by atoms with Gasteiger partial charge >= 0.3 is 5.97 Å². The molecule has 2 aliphatic rings. The molecule has 4 nitrogen and oxygen atoms in total. The van der Waals surface area contributed by atoms with E-state index in [2.05, 4.69) is 46.1 Å². The van der Waals surface area contributed by atoms with Crippen molar-refractivity contribution in [2.75, 3.05) is 0 Å². The second kappa shape index (κ2) is 7.75. The highest BCUT2D eigenvalue weighted by Gasteiger charge is 2.70. The predicted molar refractivity (Wildman–Crippen MR) is 116 cm³/mol. The van der Waals surface area contributed by atoms with Gasteiger partial charge in [0.15, 0.2) is 11.2 Å². The van der Waals surface area contributed by atoms with Crippen LogP contribution in [0, 0.1) is 28.6 Å². The SMILES string of the molecule is C=C(C)C(=O)O[C@]1(C#CC(C)(C)OOC(C)(C)CCC)C[C@H]2CC[C@]1(C)C2(C)C. The number of ether oxygens (including phenoxy) is 1. The fourth-order valence-corrected chi connectivity index (χ4v) is 5.00. The normalized spacial score (nSPS) is 30.6. The summed E-state index contributed by atoms with van der Waals surface area (Å²) in [5.74, 6) is 6.73. The molecule has 164 valence electrons. The van der Waals surface area contributed by atoms with Gasteiger partial charge < -0.3 is 4.74 Å². The average molecular weight is 405 g/mol. The van der Waals surface area contributed by atoms with Crippen molar-refractivity contribution in [2.24, 2.45) is 16.7 Å². The van der Waals surface area contributed by atoms with Crippen molar-refractivity contribution in [3.8, 4) is 11.8 Å². The fraction of sp³-hybridized carbons (Fsp3) is 0.800. The van der Waals surface area contributed by atoms with Gasteiger partial charge in [0.2, 0.25) is 0 Å². The largest absolute Gasteiger partial charge is 0.442 e. The number of hydrogen-bond acceptors (Lipinski definition) is 4. The summed E-state index contributed by atoms with van der Waals surface area (Å²) in [6.45, 7) is 22.1. The Morgan fingerprint density at radius 1 is 1.17 bits per heavy atom. The molecule has 3 atom stereocenters. The Kier molecular flexibility index (Phi) is 6.40. The van der Waals surface area contributed by atoms with Crippen molar-refractivity contribution in [1.82, 2.24) is 0 Å². The lowest BCUT2D eigenvalue weighted by atomic mass is 9.64. The van der Waals surface area contributed by atoms with Gasteiger partial charge in [0, 0.05) is 17.4 Å². The third-order valence-electron chi connectivity index (χ3n) is 7.37. The van der Waals surface area contributed by atoms with E-state index in [1.807, 2.05) is 27.7 Å². The molecule has 2 saturated carbocycles. The summed E-state index contributed by atoms with van der Waals surface area (Å²) in [7, 11) is 0. The predicted octanol–water partition coefficient (Wildman–Crippen LogP) is 6.00. The highest BCUT2D eigenvalue weighted by Crippen LogP contribution is 2.70. The molecule has 0 aromatic carbocycles. The number of carbonyl (C=O) groups excluding carboxylic acids is 1. The van der Waals surface area contributed by atoms with Crippen LogP contribution in [0.5, 0.6) is 0 Å². The van der Waals surface area contributed by atoms with Crippen molar-refractivity contribution >= 4 is 5.97 Å². The molecule has 4 heteroatoms. The minimum Gasteiger partial charge on any atom is -0.442 e. The van der Waals surface area contributed by atoms with Crippen LogP contribution in [0.15, 0.2) is 12.2 Å². The Morgan fingerprint density at radius 3 is 2.24 bits per heavy atom. The Labute approximate surface area is 177 Å². The Morgan fingerprint density at radius 2 is 1.79 bits per heavy atom. The molecule has 0 spiro atoms. The van der Waals surface area contributed by atoms with Gasteiger partial charge in [-0.2, -0.15) is 0 Å². The maximum atomic E-state index is 12.5. The summed E-state index contributed by atoms with van der Waals surface area (Å²) < 4.78 is 6.10. The van der Waals surface area contributed by atoms with Gasteiger partial charge in [-0.1, -0.05) is 52.5 Å². The lowest BCUT2D eigenvalue weighted by Gasteiger charge is -2.44. The van der Waals surface area contributed by atoms with Crippen LogP contribution in [0.4, 0.5) is 0 Å². The Balaban J connectivity index is 2.34. The average Bonchev–Trinajstić information content (AvgIpc) is 2.91. The third-order valence-corrected chi connectivity index (χ3v) is 7.37. The van der Waals surface area contributed by atoms with Crippen LogP contribution in [-0.4, -0.2) is 22.8 Å². The van der Waals surface area contributed by atoms with Gasteiger partial charge in [-0.25, -0.2) is 14.6 Å². The zero-order chi connectivity index (χ0) is 22.3. The van der Waals surface area contributed by atoms with Gasteiger partial charge in [0.25, 0.3) is 0 Å². The lowest BCUT2D eigenvalue weighted by Crippen LogP contribution is -2.50. The van der Waals surface area contributed by atoms with Gasteiger partial charge in [-0.3, -0.25) is 0 Å². The first-order chi connectivity index (χ1) is 13.1. The van der Waals surface area contributed by atoms with Crippen molar-refractivity contribution in [1.29, 1.82) is 0 Å². The molecular weight excluding hydrogens is 364 g/mol. The maximum Gasteiger partial charge on any atom is 0.334 e.